The van der Waals surface area contributed by atoms with Gasteiger partial charge in [-0.2, -0.15) is 0 Å². The van der Waals surface area contributed by atoms with Gasteiger partial charge in [-0.25, -0.2) is 9.59 Å². The molecule has 346 valence electrons. The van der Waals surface area contributed by atoms with Crippen molar-refractivity contribution in [1.29, 1.82) is 0 Å². The van der Waals surface area contributed by atoms with Gasteiger partial charge < -0.3 is 43.3 Å². The number of quaternary nitrogens is 2. The number of nitrogens with zero attached hydrogens (tertiary/aromatic N) is 2. The van der Waals surface area contributed by atoms with Gasteiger partial charge >= 0.3 is 11.9 Å². The topological polar surface area (TPSA) is 52.6 Å². The molecule has 0 aromatic heterocycles. The zero-order valence-corrected chi connectivity index (χ0v) is 41.8. The molecule has 60 heavy (non-hydrogen) atoms. The van der Waals surface area contributed by atoms with Crippen LogP contribution in [0.2, 0.25) is 0 Å². The molecule has 0 spiro atoms. The first kappa shape index (κ1) is 57.9. The van der Waals surface area contributed by atoms with Gasteiger partial charge in [0.15, 0.2) is 13.1 Å². The molecule has 0 aliphatic heterocycles. The average molecular weight is 878 g/mol. The van der Waals surface area contributed by atoms with E-state index in [-0.39, 0.29) is 36.8 Å². The molecule has 6 nitrogen and oxygen atoms in total. The third-order valence-electron chi connectivity index (χ3n) is 11.3. The molecule has 0 aliphatic carbocycles. The highest BCUT2D eigenvalue weighted by Gasteiger charge is 2.30. The molecule has 0 bridgehead atoms. The van der Waals surface area contributed by atoms with Crippen molar-refractivity contribution >= 4 is 11.9 Å². The summed E-state index contributed by atoms with van der Waals surface area (Å²) < 4.78 is 12.9. The molecule has 2 rings (SSSR count). The second-order valence-electron chi connectivity index (χ2n) is 20.2. The van der Waals surface area contributed by atoms with Crippen LogP contribution in [0.1, 0.15) is 195 Å². The zero-order valence-electron chi connectivity index (χ0n) is 40.3. The lowest BCUT2D eigenvalue weighted by molar-refractivity contribution is -0.916. The predicted octanol–water partition coefficient (Wildman–Crippen LogP) is 7.78. The summed E-state index contributed by atoms with van der Waals surface area (Å²) in [4.78, 5) is 26.2. The number of carbonyl (C=O) groups is 2. The Kier molecular flexibility index (Phi) is 29.8. The highest BCUT2D eigenvalue weighted by Crippen LogP contribution is 2.25. The molecule has 0 radical (unpaired) electrons. The van der Waals surface area contributed by atoms with Crippen molar-refractivity contribution in [3.05, 3.63) is 59.7 Å². The van der Waals surface area contributed by atoms with E-state index in [0.717, 1.165) is 39.0 Å². The van der Waals surface area contributed by atoms with Gasteiger partial charge in [0.05, 0.1) is 27.2 Å². The van der Waals surface area contributed by atoms with Gasteiger partial charge in [-0.05, 0) is 78.4 Å². The van der Waals surface area contributed by atoms with Crippen LogP contribution in [0.4, 0.5) is 0 Å². The summed E-state index contributed by atoms with van der Waals surface area (Å²) in [6.07, 6.45) is 26.1. The van der Waals surface area contributed by atoms with E-state index in [9.17, 15) is 9.59 Å². The van der Waals surface area contributed by atoms with Crippen LogP contribution in [0, 0.1) is 0 Å². The average Bonchev–Trinajstić information content (AvgIpc) is 3.12. The molecular weight excluding hydrogens is 787 g/mol. The van der Waals surface area contributed by atoms with Crippen molar-refractivity contribution in [1.82, 2.24) is 0 Å². The lowest BCUT2D eigenvalue weighted by Crippen LogP contribution is -3.00. The van der Waals surface area contributed by atoms with Crippen molar-refractivity contribution in [3.63, 3.8) is 0 Å². The fraction of sp³-hybridized carbons (Fsp3) is 0.731. The highest BCUT2D eigenvalue weighted by molar-refractivity contribution is 5.71. The third kappa shape index (κ3) is 27.7. The molecule has 8 heteroatoms. The van der Waals surface area contributed by atoms with E-state index in [1.54, 1.807) is 0 Å². The number of carbonyl (C=O) groups excluding carboxylic acids is 2. The molecule has 0 saturated carbocycles. The number of halogens is 2. The van der Waals surface area contributed by atoms with Gasteiger partial charge in [0.25, 0.3) is 0 Å². The van der Waals surface area contributed by atoms with Crippen molar-refractivity contribution in [3.8, 4) is 11.1 Å². The van der Waals surface area contributed by atoms with Gasteiger partial charge in [0, 0.05) is 11.1 Å². The van der Waals surface area contributed by atoms with Crippen LogP contribution in [-0.2, 0) is 32.2 Å². The fourth-order valence-corrected chi connectivity index (χ4v) is 8.25. The quantitative estimate of drug-likeness (QED) is 0.0442. The smallest absolute Gasteiger partial charge is 0.362 e. The normalized spacial score (nSPS) is 13.7. The van der Waals surface area contributed by atoms with Crippen LogP contribution >= 0.6 is 0 Å². The molecule has 0 amide bonds. The second kappa shape index (κ2) is 30.8. The number of unbranched alkanes of at least 4 members (excludes halogenated alkanes) is 18. The Labute approximate surface area is 382 Å². The molecule has 0 saturated heterocycles. The summed E-state index contributed by atoms with van der Waals surface area (Å²) in [5, 5.41) is 0. The number of benzene rings is 2. The Morgan fingerprint density at radius 2 is 0.683 bits per heavy atom. The molecule has 0 fully saturated rings. The number of hydrogen-bond acceptors (Lipinski definition) is 4. The highest BCUT2D eigenvalue weighted by atomic mass is 35.5. The van der Waals surface area contributed by atoms with E-state index >= 15 is 0 Å². The van der Waals surface area contributed by atoms with Crippen LogP contribution in [0.3, 0.4) is 0 Å². The molecule has 2 aromatic carbocycles. The maximum atomic E-state index is 13.1. The predicted molar refractivity (Wildman–Crippen MR) is 247 cm³/mol. The number of likely N-dealkylation sites (N-methyl/N-ethyl adjacent to an activating group) is 2. The van der Waals surface area contributed by atoms with Crippen molar-refractivity contribution < 1.29 is 52.8 Å². The van der Waals surface area contributed by atoms with E-state index in [4.69, 9.17) is 9.47 Å². The molecule has 0 N–H and O–H groups in total. The molecule has 0 aliphatic rings. The summed E-state index contributed by atoms with van der Waals surface area (Å²) >= 11 is 0. The second-order valence-corrected chi connectivity index (χ2v) is 20.2. The van der Waals surface area contributed by atoms with E-state index in [1.807, 2.05) is 41.5 Å². The Morgan fingerprint density at radius 1 is 0.433 bits per heavy atom. The van der Waals surface area contributed by atoms with Gasteiger partial charge in [-0.15, -0.1) is 0 Å². The van der Waals surface area contributed by atoms with Crippen LogP contribution in [-0.4, -0.2) is 72.4 Å². The molecule has 2 aromatic rings. The summed E-state index contributed by atoms with van der Waals surface area (Å²) in [6, 6.07) is 17.8. The lowest BCUT2D eigenvalue weighted by atomic mass is 10.0. The Balaban J connectivity index is 0.0000174. The zero-order chi connectivity index (χ0) is 42.9. The van der Waals surface area contributed by atoms with E-state index in [2.05, 4.69) is 76.5 Å². The Hall–Kier alpha value is -2.12. The number of hydrogen-bond donors (Lipinski definition) is 0. The molecule has 2 unspecified atom stereocenters. The number of ether oxygens (including phenoxy) is 2. The van der Waals surface area contributed by atoms with Crippen LogP contribution in [0.25, 0.3) is 11.1 Å². The summed E-state index contributed by atoms with van der Waals surface area (Å²) in [6.45, 7) is 20.5. The van der Waals surface area contributed by atoms with E-state index in [1.165, 1.54) is 138 Å². The van der Waals surface area contributed by atoms with Crippen LogP contribution in [0.5, 0.6) is 0 Å². The first-order chi connectivity index (χ1) is 27.4. The molecule has 2 atom stereocenters. The third-order valence-corrected chi connectivity index (χ3v) is 11.3. The first-order valence-corrected chi connectivity index (χ1v) is 23.7. The standard InChI is InChI=1S/C52H90N2O4.2ClH/c1-11-13-15-17-19-21-23-25-27-29-39-53(9,43-49(55)57-51(3,4)5)41-45-31-35-47(36-32-45)48-37-33-46(34-38-48)42-54(10,44-50(56)58-52(6,7)8)40-30-28-26-24-22-20-18-16-14-12-2;;/h31-38H,11-30,39-44H2,1-10H3;2*1H/q+2;;/p-2. The SMILES string of the molecule is CCCCCCCCCCCC[N+](C)(CC(=O)OC(C)(C)C)Cc1ccc(-c2ccc(C[N+](C)(CCCCCCCCCCCC)CC(=O)OC(C)(C)C)cc2)cc1.[Cl-].[Cl-]. The van der Waals surface area contributed by atoms with Crippen molar-refractivity contribution in [2.75, 3.05) is 40.3 Å². The van der Waals surface area contributed by atoms with Gasteiger partial charge in [0.1, 0.15) is 24.3 Å². The van der Waals surface area contributed by atoms with Crippen LogP contribution < -0.4 is 24.8 Å². The maximum absolute atomic E-state index is 13.1. The van der Waals surface area contributed by atoms with E-state index in [0.29, 0.717) is 22.1 Å². The minimum Gasteiger partial charge on any atom is -1.00 e. The summed E-state index contributed by atoms with van der Waals surface area (Å²) in [5.41, 5.74) is 3.86. The minimum atomic E-state index is -0.487. The first-order valence-electron chi connectivity index (χ1n) is 23.7. The Bertz CT molecular complexity index is 1300. The fourth-order valence-electron chi connectivity index (χ4n) is 8.25. The lowest BCUT2D eigenvalue weighted by Gasteiger charge is -2.35. The van der Waals surface area contributed by atoms with Gasteiger partial charge in [-0.3, -0.25) is 0 Å². The van der Waals surface area contributed by atoms with E-state index < -0.39 is 11.2 Å². The van der Waals surface area contributed by atoms with Crippen LogP contribution in [0.15, 0.2) is 48.5 Å². The van der Waals surface area contributed by atoms with Crippen molar-refractivity contribution in [2.24, 2.45) is 0 Å². The minimum absolute atomic E-state index is 0. The summed E-state index contributed by atoms with van der Waals surface area (Å²) in [7, 11) is 4.44. The number of rotatable bonds is 31. The van der Waals surface area contributed by atoms with Gasteiger partial charge in [0.2, 0.25) is 0 Å². The monoisotopic (exact) mass is 877 g/mol. The molecular formula is C52H90Cl2N2O4. The van der Waals surface area contributed by atoms with Gasteiger partial charge in [-0.1, -0.05) is 165 Å². The summed E-state index contributed by atoms with van der Waals surface area (Å²) in [5.74, 6) is -0.244. The van der Waals surface area contributed by atoms with Crippen molar-refractivity contribution in [2.45, 2.75) is 208 Å². The maximum Gasteiger partial charge on any atom is 0.362 e. The largest absolute Gasteiger partial charge is 1.00 e. The molecule has 0 heterocycles. The Morgan fingerprint density at radius 3 is 0.933 bits per heavy atom. The number of esters is 2.